The summed E-state index contributed by atoms with van der Waals surface area (Å²) in [5.74, 6) is 0. The first-order valence-corrected chi connectivity index (χ1v) is 12.3. The number of hydrogen-bond donors (Lipinski definition) is 2. The lowest BCUT2D eigenvalue weighted by Gasteiger charge is -2.28. The van der Waals surface area contributed by atoms with Crippen LogP contribution >= 0.6 is 12.2 Å². The van der Waals surface area contributed by atoms with Crippen molar-refractivity contribution >= 4 is 28.2 Å². The van der Waals surface area contributed by atoms with Gasteiger partial charge in [-0.15, -0.1) is 0 Å². The molecule has 2 heterocycles. The maximum absolute atomic E-state index is 12.8. The van der Waals surface area contributed by atoms with Gasteiger partial charge in [0.15, 0.2) is 5.11 Å². The van der Waals surface area contributed by atoms with E-state index >= 15 is 0 Å². The van der Waals surface area contributed by atoms with Crippen LogP contribution in [0.4, 0.5) is 0 Å². The highest BCUT2D eigenvalue weighted by Gasteiger charge is 2.22. The zero-order chi connectivity index (χ0) is 23.1. The van der Waals surface area contributed by atoms with Gasteiger partial charge in [0.1, 0.15) is 0 Å². The molecule has 0 unspecified atom stereocenters. The van der Waals surface area contributed by atoms with Crippen LogP contribution in [-0.2, 0) is 11.3 Å². The minimum absolute atomic E-state index is 0.0533. The largest absolute Gasteiger partial charge is 0.376 e. The van der Waals surface area contributed by atoms with Gasteiger partial charge in [-0.25, -0.2) is 0 Å². The Hall–Kier alpha value is -1.96. The summed E-state index contributed by atoms with van der Waals surface area (Å²) >= 11 is 5.76. The molecule has 0 saturated carbocycles. The quantitative estimate of drug-likeness (QED) is 0.418. The Kier molecular flexibility index (Phi) is 9.08. The SMILES string of the molecule is CCN(CC)CCCNC(=S)N(Cc1cc2cc(C)c(C)cc2[nH]c1=O)C[C@@H]1CCCO1. The van der Waals surface area contributed by atoms with Crippen molar-refractivity contribution in [2.75, 3.05) is 39.3 Å². The summed E-state index contributed by atoms with van der Waals surface area (Å²) in [6, 6.07) is 6.19. The van der Waals surface area contributed by atoms with E-state index in [0.717, 1.165) is 68.5 Å². The maximum Gasteiger partial charge on any atom is 0.253 e. The van der Waals surface area contributed by atoms with Crippen LogP contribution in [-0.4, -0.2) is 65.3 Å². The summed E-state index contributed by atoms with van der Waals surface area (Å²) in [5.41, 5.74) is 3.95. The van der Waals surface area contributed by atoms with Crippen LogP contribution in [0.15, 0.2) is 23.0 Å². The Morgan fingerprint density at radius 2 is 1.97 bits per heavy atom. The molecule has 1 saturated heterocycles. The molecule has 0 aliphatic carbocycles. The monoisotopic (exact) mass is 458 g/mol. The average Bonchev–Trinajstić information content (AvgIpc) is 3.28. The van der Waals surface area contributed by atoms with E-state index in [1.165, 1.54) is 11.1 Å². The molecular weight excluding hydrogens is 420 g/mol. The molecule has 32 heavy (non-hydrogen) atoms. The second kappa shape index (κ2) is 11.8. The number of aryl methyl sites for hydroxylation is 2. The molecule has 1 aromatic carbocycles. The average molecular weight is 459 g/mol. The molecule has 6 nitrogen and oxygen atoms in total. The Balaban J connectivity index is 1.72. The van der Waals surface area contributed by atoms with Crippen molar-refractivity contribution in [3.05, 3.63) is 45.2 Å². The number of fused-ring (bicyclic) bond motifs is 1. The standard InChI is InChI=1S/C25H38N4O2S/c1-5-28(6-2)11-8-10-26-25(32)29(17-22-9-7-12-31-22)16-21-15-20-13-18(3)19(4)14-23(20)27-24(21)30/h13-15,22H,5-12,16-17H2,1-4H3,(H,26,32)(H,27,30)/t22-/m0/s1. The Morgan fingerprint density at radius 1 is 1.22 bits per heavy atom. The molecule has 1 aromatic heterocycles. The number of benzene rings is 1. The van der Waals surface area contributed by atoms with Crippen molar-refractivity contribution < 1.29 is 4.74 Å². The van der Waals surface area contributed by atoms with E-state index in [2.05, 4.69) is 53.9 Å². The van der Waals surface area contributed by atoms with Gasteiger partial charge in [0.25, 0.3) is 5.56 Å². The highest BCUT2D eigenvalue weighted by Crippen LogP contribution is 2.19. The summed E-state index contributed by atoms with van der Waals surface area (Å²) in [7, 11) is 0. The van der Waals surface area contributed by atoms with Gasteiger partial charge >= 0.3 is 0 Å². The predicted molar refractivity (Wildman–Crippen MR) is 136 cm³/mol. The van der Waals surface area contributed by atoms with Crippen LogP contribution in [0, 0.1) is 13.8 Å². The van der Waals surface area contributed by atoms with Crippen LogP contribution in [0.5, 0.6) is 0 Å². The topological polar surface area (TPSA) is 60.6 Å². The number of H-pyrrole nitrogens is 1. The Labute approximate surface area is 197 Å². The number of pyridine rings is 1. The van der Waals surface area contributed by atoms with Crippen LogP contribution in [0.2, 0.25) is 0 Å². The van der Waals surface area contributed by atoms with Crippen LogP contribution in [0.25, 0.3) is 10.9 Å². The normalized spacial score (nSPS) is 16.1. The van der Waals surface area contributed by atoms with E-state index in [9.17, 15) is 4.79 Å². The molecule has 1 aliphatic rings. The van der Waals surface area contributed by atoms with E-state index in [1.807, 2.05) is 12.1 Å². The van der Waals surface area contributed by atoms with Crippen molar-refractivity contribution in [3.63, 3.8) is 0 Å². The minimum Gasteiger partial charge on any atom is -0.376 e. The van der Waals surface area contributed by atoms with Crippen molar-refractivity contribution in [1.82, 2.24) is 20.1 Å². The molecule has 0 spiro atoms. The van der Waals surface area contributed by atoms with Crippen LogP contribution in [0.1, 0.15) is 49.8 Å². The van der Waals surface area contributed by atoms with Gasteiger partial charge in [-0.05, 0) is 99.7 Å². The summed E-state index contributed by atoms with van der Waals surface area (Å²) < 4.78 is 5.87. The Morgan fingerprint density at radius 3 is 2.66 bits per heavy atom. The lowest BCUT2D eigenvalue weighted by atomic mass is 10.0. The zero-order valence-corrected chi connectivity index (χ0v) is 20.8. The van der Waals surface area contributed by atoms with Crippen molar-refractivity contribution in [1.29, 1.82) is 0 Å². The molecule has 7 heteroatoms. The minimum atomic E-state index is -0.0533. The van der Waals surface area contributed by atoms with E-state index in [4.69, 9.17) is 17.0 Å². The summed E-state index contributed by atoms with van der Waals surface area (Å²) in [5, 5.41) is 5.16. The summed E-state index contributed by atoms with van der Waals surface area (Å²) in [6.07, 6.45) is 3.31. The van der Waals surface area contributed by atoms with E-state index in [-0.39, 0.29) is 11.7 Å². The fraction of sp³-hybridized carbons (Fsp3) is 0.600. The molecule has 1 fully saturated rings. The highest BCUT2D eigenvalue weighted by molar-refractivity contribution is 7.80. The van der Waals surface area contributed by atoms with Gasteiger partial charge in [0.2, 0.25) is 0 Å². The van der Waals surface area contributed by atoms with Gasteiger partial charge < -0.3 is 24.8 Å². The van der Waals surface area contributed by atoms with Gasteiger partial charge in [-0.2, -0.15) is 0 Å². The molecule has 2 aromatic rings. The predicted octanol–water partition coefficient (Wildman–Crippen LogP) is 3.73. The van der Waals surface area contributed by atoms with Gasteiger partial charge in [0.05, 0.1) is 12.6 Å². The van der Waals surface area contributed by atoms with E-state index in [1.54, 1.807) is 0 Å². The number of aromatic amines is 1. The third-order valence-corrected chi connectivity index (χ3v) is 6.86. The molecule has 1 aliphatic heterocycles. The third kappa shape index (κ3) is 6.53. The van der Waals surface area contributed by atoms with Crippen LogP contribution < -0.4 is 10.9 Å². The first-order valence-electron chi connectivity index (χ1n) is 11.9. The molecule has 0 radical (unpaired) electrons. The van der Waals surface area contributed by atoms with Gasteiger partial charge in [0, 0.05) is 30.8 Å². The molecule has 2 N–H and O–H groups in total. The highest BCUT2D eigenvalue weighted by atomic mass is 32.1. The lowest BCUT2D eigenvalue weighted by Crippen LogP contribution is -2.44. The number of nitrogens with zero attached hydrogens (tertiary/aromatic N) is 2. The first kappa shape index (κ1) is 24.7. The smallest absolute Gasteiger partial charge is 0.253 e. The Bertz CT molecular complexity index is 964. The van der Waals surface area contributed by atoms with Crippen LogP contribution in [0.3, 0.4) is 0 Å². The number of rotatable bonds is 10. The maximum atomic E-state index is 12.8. The van der Waals surface area contributed by atoms with Gasteiger partial charge in [-0.1, -0.05) is 13.8 Å². The molecule has 3 rings (SSSR count). The number of ether oxygens (including phenoxy) is 1. The second-order valence-electron chi connectivity index (χ2n) is 8.78. The van der Waals surface area contributed by atoms with E-state index < -0.39 is 0 Å². The van der Waals surface area contributed by atoms with Crippen molar-refractivity contribution in [2.45, 2.75) is 59.6 Å². The first-order chi connectivity index (χ1) is 15.4. The molecular formula is C25H38N4O2S. The number of thiocarbonyl (C=S) groups is 1. The number of nitrogens with one attached hydrogen (secondary N) is 2. The zero-order valence-electron chi connectivity index (χ0n) is 20.0. The fourth-order valence-corrected chi connectivity index (χ4v) is 4.49. The second-order valence-corrected chi connectivity index (χ2v) is 9.16. The molecule has 0 amide bonds. The summed E-state index contributed by atoms with van der Waals surface area (Å²) in [6.45, 7) is 14.5. The molecule has 1 atom stereocenters. The third-order valence-electron chi connectivity index (χ3n) is 6.45. The summed E-state index contributed by atoms with van der Waals surface area (Å²) in [4.78, 5) is 20.4. The number of aromatic nitrogens is 1. The molecule has 176 valence electrons. The van der Waals surface area contributed by atoms with Crippen molar-refractivity contribution in [2.24, 2.45) is 0 Å². The van der Waals surface area contributed by atoms with E-state index in [0.29, 0.717) is 18.2 Å². The lowest BCUT2D eigenvalue weighted by molar-refractivity contribution is 0.0896. The fourth-order valence-electron chi connectivity index (χ4n) is 4.25. The molecule has 0 bridgehead atoms. The number of hydrogen-bond acceptors (Lipinski definition) is 4. The van der Waals surface area contributed by atoms with Crippen molar-refractivity contribution in [3.8, 4) is 0 Å². The van der Waals surface area contributed by atoms with Gasteiger partial charge in [-0.3, -0.25) is 4.79 Å².